The van der Waals surface area contributed by atoms with Gasteiger partial charge in [0.1, 0.15) is 11.4 Å². The molecule has 2 aromatic heterocycles. The van der Waals surface area contributed by atoms with Crippen LogP contribution in [0, 0.1) is 5.92 Å². The molecule has 0 unspecified atom stereocenters. The number of likely N-dealkylation sites (tertiary alicyclic amines) is 1. The third kappa shape index (κ3) is 4.84. The molecule has 4 aromatic rings. The number of rotatable bonds is 6. The van der Waals surface area contributed by atoms with Crippen LogP contribution in [0.5, 0.6) is 5.75 Å². The number of piperidine rings is 1. The van der Waals surface area contributed by atoms with E-state index in [1.165, 1.54) is 0 Å². The maximum atomic E-state index is 13.6. The lowest BCUT2D eigenvalue weighted by Crippen LogP contribution is -2.41. The highest BCUT2D eigenvalue weighted by atomic mass is 16.5. The summed E-state index contributed by atoms with van der Waals surface area (Å²) < 4.78 is 7.06. The molecule has 1 aliphatic rings. The topological polar surface area (TPSA) is 89.4 Å². The lowest BCUT2D eigenvalue weighted by Gasteiger charge is -2.31. The van der Waals surface area contributed by atoms with Crippen LogP contribution in [0.3, 0.4) is 0 Å². The summed E-state index contributed by atoms with van der Waals surface area (Å²) in [6.07, 6.45) is 6.35. The van der Waals surface area contributed by atoms with E-state index in [1.807, 2.05) is 66.7 Å². The monoisotopic (exact) mass is 481 g/mol. The van der Waals surface area contributed by atoms with Gasteiger partial charge in [-0.25, -0.2) is 4.68 Å². The first-order valence-corrected chi connectivity index (χ1v) is 11.9. The zero-order chi connectivity index (χ0) is 24.9. The molecule has 2 aromatic carbocycles. The van der Waals surface area contributed by atoms with Crippen molar-refractivity contribution in [2.45, 2.75) is 12.8 Å². The third-order valence-electron chi connectivity index (χ3n) is 6.42. The van der Waals surface area contributed by atoms with Crippen molar-refractivity contribution in [3.05, 3.63) is 90.9 Å². The Balaban J connectivity index is 1.32. The number of hydrogen-bond acceptors (Lipinski definition) is 5. The van der Waals surface area contributed by atoms with Gasteiger partial charge in [0.05, 0.1) is 24.0 Å². The number of nitrogens with zero attached hydrogens (tertiary/aromatic N) is 4. The Morgan fingerprint density at radius 2 is 1.72 bits per heavy atom. The summed E-state index contributed by atoms with van der Waals surface area (Å²) >= 11 is 0. The quantitative estimate of drug-likeness (QED) is 0.440. The van der Waals surface area contributed by atoms with E-state index in [4.69, 9.17) is 9.84 Å². The molecule has 0 atom stereocenters. The van der Waals surface area contributed by atoms with Crippen molar-refractivity contribution in [3.8, 4) is 22.7 Å². The zero-order valence-electron chi connectivity index (χ0n) is 20.0. The number of carbonyl (C=O) groups is 2. The third-order valence-corrected chi connectivity index (χ3v) is 6.42. The maximum absolute atomic E-state index is 13.6. The Morgan fingerprint density at radius 3 is 2.44 bits per heavy atom. The molecule has 0 saturated carbocycles. The van der Waals surface area contributed by atoms with Gasteiger partial charge in [-0.05, 0) is 49.2 Å². The van der Waals surface area contributed by atoms with Crippen molar-refractivity contribution in [1.29, 1.82) is 0 Å². The second-order valence-corrected chi connectivity index (χ2v) is 8.67. The van der Waals surface area contributed by atoms with Crippen LogP contribution < -0.4 is 10.1 Å². The standard InChI is InChI=1S/C28H27N5O3/c1-36-25-12-6-5-11-24(25)30-27(34)20-13-16-32(17-14-20)28(35)23-19-33(22-9-3-2-4-10-22)31-26(23)21-8-7-15-29-18-21/h2-12,15,18-20H,13-14,16-17H2,1H3,(H,30,34). The van der Waals surface area contributed by atoms with Crippen molar-refractivity contribution in [2.75, 3.05) is 25.5 Å². The molecule has 1 saturated heterocycles. The predicted octanol–water partition coefficient (Wildman–Crippen LogP) is 4.43. The normalized spacial score (nSPS) is 13.9. The van der Waals surface area contributed by atoms with E-state index in [2.05, 4.69) is 10.3 Å². The number of nitrogens with one attached hydrogen (secondary N) is 1. The molecule has 1 aliphatic heterocycles. The van der Waals surface area contributed by atoms with Crippen LogP contribution in [-0.2, 0) is 4.79 Å². The molecular weight excluding hydrogens is 454 g/mol. The largest absolute Gasteiger partial charge is 0.495 e. The van der Waals surface area contributed by atoms with Gasteiger partial charge >= 0.3 is 0 Å². The van der Waals surface area contributed by atoms with E-state index in [0.29, 0.717) is 48.6 Å². The van der Waals surface area contributed by atoms with Gasteiger partial charge in [0.15, 0.2) is 0 Å². The van der Waals surface area contributed by atoms with Crippen LogP contribution >= 0.6 is 0 Å². The van der Waals surface area contributed by atoms with Crippen molar-refractivity contribution in [2.24, 2.45) is 5.92 Å². The highest BCUT2D eigenvalue weighted by Crippen LogP contribution is 2.28. The van der Waals surface area contributed by atoms with Gasteiger partial charge in [-0.1, -0.05) is 30.3 Å². The Bertz CT molecular complexity index is 1350. The highest BCUT2D eigenvalue weighted by Gasteiger charge is 2.30. The molecule has 0 bridgehead atoms. The minimum absolute atomic E-state index is 0.0560. The Labute approximate surface area is 209 Å². The fraction of sp³-hybridized carbons (Fsp3) is 0.214. The van der Waals surface area contributed by atoms with Crippen molar-refractivity contribution in [3.63, 3.8) is 0 Å². The smallest absolute Gasteiger partial charge is 0.257 e. The number of anilines is 1. The van der Waals surface area contributed by atoms with E-state index in [9.17, 15) is 9.59 Å². The number of ether oxygens (including phenoxy) is 1. The van der Waals surface area contributed by atoms with Crippen LogP contribution in [0.2, 0.25) is 0 Å². The fourth-order valence-electron chi connectivity index (χ4n) is 4.46. The molecular formula is C28H27N5O3. The van der Waals surface area contributed by atoms with Gasteiger partial charge in [0, 0.05) is 43.2 Å². The lowest BCUT2D eigenvalue weighted by molar-refractivity contribution is -0.121. The van der Waals surface area contributed by atoms with E-state index in [-0.39, 0.29) is 17.7 Å². The summed E-state index contributed by atoms with van der Waals surface area (Å²) in [6.45, 7) is 0.984. The molecule has 36 heavy (non-hydrogen) atoms. The van der Waals surface area contributed by atoms with Crippen LogP contribution in [-0.4, -0.2) is 51.7 Å². The molecule has 1 N–H and O–H groups in total. The van der Waals surface area contributed by atoms with Gasteiger partial charge in [-0.3, -0.25) is 14.6 Å². The van der Waals surface area contributed by atoms with E-state index in [1.54, 1.807) is 35.3 Å². The number of pyridine rings is 1. The lowest BCUT2D eigenvalue weighted by atomic mass is 9.95. The summed E-state index contributed by atoms with van der Waals surface area (Å²) in [5.41, 5.74) is 3.41. The van der Waals surface area contributed by atoms with Gasteiger partial charge in [-0.15, -0.1) is 0 Å². The Kier molecular flexibility index (Phi) is 6.75. The number of hydrogen-bond donors (Lipinski definition) is 1. The van der Waals surface area contributed by atoms with Gasteiger partial charge in [0.2, 0.25) is 5.91 Å². The molecule has 0 radical (unpaired) electrons. The number of aromatic nitrogens is 3. The molecule has 0 aliphatic carbocycles. The summed E-state index contributed by atoms with van der Waals surface area (Å²) in [5, 5.41) is 7.70. The molecule has 182 valence electrons. The van der Waals surface area contributed by atoms with Crippen LogP contribution in [0.4, 0.5) is 5.69 Å². The van der Waals surface area contributed by atoms with Crippen molar-refractivity contribution >= 4 is 17.5 Å². The number of para-hydroxylation sites is 3. The molecule has 8 nitrogen and oxygen atoms in total. The summed E-state index contributed by atoms with van der Waals surface area (Å²) in [5.74, 6) is 0.291. The predicted molar refractivity (Wildman–Crippen MR) is 137 cm³/mol. The molecule has 2 amide bonds. The van der Waals surface area contributed by atoms with Crippen molar-refractivity contribution in [1.82, 2.24) is 19.7 Å². The first-order valence-electron chi connectivity index (χ1n) is 11.9. The molecule has 0 spiro atoms. The van der Waals surface area contributed by atoms with Crippen molar-refractivity contribution < 1.29 is 14.3 Å². The van der Waals surface area contributed by atoms with Gasteiger partial charge in [-0.2, -0.15) is 5.10 Å². The number of benzene rings is 2. The second-order valence-electron chi connectivity index (χ2n) is 8.67. The molecule has 8 heteroatoms. The first kappa shape index (κ1) is 23.3. The van der Waals surface area contributed by atoms with E-state index >= 15 is 0 Å². The van der Waals surface area contributed by atoms with Crippen LogP contribution in [0.25, 0.3) is 16.9 Å². The summed E-state index contributed by atoms with van der Waals surface area (Å²) in [4.78, 5) is 32.5. The first-order chi connectivity index (χ1) is 17.6. The Hall–Kier alpha value is -4.46. The minimum Gasteiger partial charge on any atom is -0.495 e. The van der Waals surface area contributed by atoms with Gasteiger partial charge < -0.3 is 15.0 Å². The Morgan fingerprint density at radius 1 is 0.972 bits per heavy atom. The van der Waals surface area contributed by atoms with Gasteiger partial charge in [0.25, 0.3) is 5.91 Å². The number of amides is 2. The fourth-order valence-corrected chi connectivity index (χ4v) is 4.46. The second kappa shape index (κ2) is 10.4. The summed E-state index contributed by atoms with van der Waals surface area (Å²) in [7, 11) is 1.58. The SMILES string of the molecule is COc1ccccc1NC(=O)C1CCN(C(=O)c2cn(-c3ccccc3)nc2-c2cccnc2)CC1. The minimum atomic E-state index is -0.177. The molecule has 3 heterocycles. The summed E-state index contributed by atoms with van der Waals surface area (Å²) in [6, 6.07) is 20.8. The number of carbonyl (C=O) groups excluding carboxylic acids is 2. The number of methoxy groups -OCH3 is 1. The van der Waals surface area contributed by atoms with Crippen LogP contribution in [0.1, 0.15) is 23.2 Å². The molecule has 1 fully saturated rings. The highest BCUT2D eigenvalue weighted by molar-refractivity contribution is 6.00. The average molecular weight is 482 g/mol. The van der Waals surface area contributed by atoms with E-state index < -0.39 is 0 Å². The molecule has 5 rings (SSSR count). The zero-order valence-corrected chi connectivity index (χ0v) is 20.0. The average Bonchev–Trinajstić information content (AvgIpc) is 3.40. The maximum Gasteiger partial charge on any atom is 0.257 e. The van der Waals surface area contributed by atoms with E-state index in [0.717, 1.165) is 11.3 Å². The van der Waals surface area contributed by atoms with Crippen LogP contribution in [0.15, 0.2) is 85.3 Å².